The van der Waals surface area contributed by atoms with E-state index < -0.39 is 135 Å². The van der Waals surface area contributed by atoms with Crippen LogP contribution in [-0.4, -0.2) is 142 Å². The van der Waals surface area contributed by atoms with Crippen molar-refractivity contribution >= 4 is 79.4 Å². The molecule has 0 aromatic heterocycles. The Kier molecular flexibility index (Phi) is 46.0. The highest BCUT2D eigenvalue weighted by Gasteiger charge is 2.65. The van der Waals surface area contributed by atoms with E-state index >= 15 is 9.69 Å². The van der Waals surface area contributed by atoms with Gasteiger partial charge in [-0.1, -0.05) is 350 Å². The number of fused-ring (bicyclic) bond motifs is 1. The van der Waals surface area contributed by atoms with Gasteiger partial charge >= 0.3 is 26.2 Å². The number of unbranched alkanes of at least 4 members (excludes halogenated alkanes) is 26. The van der Waals surface area contributed by atoms with E-state index in [-0.39, 0.29) is 45.7 Å². The summed E-state index contributed by atoms with van der Waals surface area (Å²) in [4.78, 5) is 74.0. The number of esters is 2. The van der Waals surface area contributed by atoms with Gasteiger partial charge in [-0.15, -0.1) is 6.58 Å². The third-order valence-corrected chi connectivity index (χ3v) is 22.4. The fourth-order valence-corrected chi connectivity index (χ4v) is 15.7. The molecule has 0 saturated carbocycles. The van der Waals surface area contributed by atoms with Crippen molar-refractivity contribution in [2.24, 2.45) is 0 Å². The molecule has 116 heavy (non-hydrogen) atoms. The minimum Gasteiger partial charge on any atom is -0.591 e. The number of rotatable bonds is 59. The van der Waals surface area contributed by atoms with Crippen LogP contribution in [0.4, 0.5) is 4.79 Å². The van der Waals surface area contributed by atoms with Crippen LogP contribution in [0.1, 0.15) is 256 Å². The van der Waals surface area contributed by atoms with Crippen molar-refractivity contribution in [3.05, 3.63) is 155 Å². The molecule has 5 N–H and O–H groups in total. The van der Waals surface area contributed by atoms with Crippen LogP contribution in [0.5, 0.6) is 0 Å². The van der Waals surface area contributed by atoms with Crippen LogP contribution in [0.2, 0.25) is 0 Å². The Morgan fingerprint density at radius 1 is 0.543 bits per heavy atom. The van der Waals surface area contributed by atoms with E-state index in [2.05, 4.69) is 38.0 Å². The van der Waals surface area contributed by atoms with Gasteiger partial charge in [0.1, 0.15) is 37.1 Å². The number of aliphatic hydroxyl groups excluding tert-OH is 1. The van der Waals surface area contributed by atoms with E-state index in [1.165, 1.54) is 76.7 Å². The molecule has 0 spiro atoms. The number of phosphoric acid groups is 1. The van der Waals surface area contributed by atoms with Crippen molar-refractivity contribution in [1.29, 1.82) is 0 Å². The Balaban J connectivity index is 1.25. The predicted octanol–water partition coefficient (Wildman–Crippen LogP) is 16.8. The number of phosphoric ester groups is 1. The first-order valence-electron chi connectivity index (χ1n) is 42.5. The molecule has 2 saturated heterocycles. The summed E-state index contributed by atoms with van der Waals surface area (Å²) >= 11 is 18.5. The molecule has 23 nitrogen and oxygen atoms in total. The zero-order chi connectivity index (χ0) is 83.1. The molecule has 2 fully saturated rings. The Bertz CT molecular complexity index is 3490. The molecule has 7 rings (SSSR count). The molecule has 3 aliphatic rings. The van der Waals surface area contributed by atoms with Gasteiger partial charge in [-0.3, -0.25) is 28.7 Å². The van der Waals surface area contributed by atoms with Gasteiger partial charge in [0.15, 0.2) is 24.7 Å². The van der Waals surface area contributed by atoms with Crippen LogP contribution in [0, 0.1) is 0 Å². The highest BCUT2D eigenvalue weighted by molar-refractivity contribution is 7.54. The average molecular weight is 1700 g/mol. The minimum atomic E-state index is -5.03. The van der Waals surface area contributed by atoms with Crippen LogP contribution >= 0.6 is 43.0 Å². The Labute approximate surface area is 703 Å². The van der Waals surface area contributed by atoms with Gasteiger partial charge in [-0.05, 0) is 42.4 Å². The van der Waals surface area contributed by atoms with Crippen LogP contribution in [0.3, 0.4) is 0 Å². The number of ether oxygens (including phenoxy) is 10. The second-order valence-electron chi connectivity index (χ2n) is 30.7. The monoisotopic (exact) mass is 1700 g/mol. The lowest BCUT2D eigenvalue weighted by Crippen LogP contribution is -2.76. The zero-order valence-electron chi connectivity index (χ0n) is 68.4. The summed E-state index contributed by atoms with van der Waals surface area (Å²) in [5.74, 6) is -2.37. The normalized spacial score (nSPS) is 22.2. The fraction of sp³-hybridized carbons (Fsp3) is 0.640. The van der Waals surface area contributed by atoms with Gasteiger partial charge < -0.3 is 72.9 Å². The highest BCUT2D eigenvalue weighted by atomic mass is 35.6. The molecular weight excluding hydrogens is 1570 g/mol. The number of nitrogens with one attached hydrogen (secondary N) is 2. The summed E-state index contributed by atoms with van der Waals surface area (Å²) in [6.45, 7) is 7.67. The third kappa shape index (κ3) is 36.0. The topological polar surface area (TPSA) is 296 Å². The lowest BCUT2D eigenvalue weighted by atomic mass is 9.91. The number of hydrogen-bond acceptors (Lipinski definition) is 21. The number of aliphatic hydroxyl groups is 3. The van der Waals surface area contributed by atoms with Crippen LogP contribution < -0.4 is 26.0 Å². The Morgan fingerprint density at radius 2 is 1.00 bits per heavy atom. The molecule has 0 unspecified atom stereocenters. The maximum atomic E-state index is 15.4. The van der Waals surface area contributed by atoms with Crippen molar-refractivity contribution < 1.29 is 100 Å². The van der Waals surface area contributed by atoms with E-state index in [0.717, 1.165) is 121 Å². The average Bonchev–Trinajstić information content (AvgIpc) is 0.809. The van der Waals surface area contributed by atoms with E-state index in [1.54, 1.807) is 78.9 Å². The molecule has 648 valence electrons. The number of carbonyl (C=O) groups excluding carboxylic acids is 4. The molecule has 4 aromatic rings. The van der Waals surface area contributed by atoms with Crippen molar-refractivity contribution in [2.45, 2.75) is 336 Å². The zero-order valence-corrected chi connectivity index (χ0v) is 71.6. The standard InChI is InChI=1S/C89H130Cl3N2O21P/c1-5-9-12-15-18-21-22-25-28-31-43-56-78(96)111-74(55-42-30-27-24-20-17-14-11-7-3)59-79(97)114-83-81(115-116(102)109-63-71-52-44-45-53-72(71)64-110-116)75(65-103-60-68-46-35-32-36-47-68)112-85(89(83,101)94-86(99)108-67-87(90,91)92)107-66-76-80(106-62-70-50-39-34-40-51-70)82(98)88(100,84(113-76)104-57-8-4)93-77(95)58-73(105-61-69-48-37-33-38-49-69)54-41-29-26-23-19-16-13-10-6-2/h8,32-40,44-53,63-64,73-76,80-85,98,100-101H,4-7,9-31,41-43,54-62,65-67H2,1-3H3,(H,93,95)(H,94,99)/t73-,74-,75-,76-,80-,81-,82+,83+,84+,85-,88-,89-/m1/s1. The first-order chi connectivity index (χ1) is 56.2. The number of amides is 2. The molecule has 0 radical (unpaired) electrons. The van der Waals surface area contributed by atoms with Gasteiger partial charge in [0.2, 0.25) is 33.7 Å². The van der Waals surface area contributed by atoms with Gasteiger partial charge in [-0.25, -0.2) is 4.79 Å². The van der Waals surface area contributed by atoms with Crippen LogP contribution in [-0.2, 0) is 95.1 Å². The van der Waals surface area contributed by atoms with Crippen molar-refractivity contribution in [1.82, 2.24) is 10.6 Å². The van der Waals surface area contributed by atoms with E-state index in [0.29, 0.717) is 40.8 Å². The van der Waals surface area contributed by atoms with Gasteiger partial charge in [0.05, 0.1) is 58.6 Å². The molecule has 27 heteroatoms. The SMILES string of the molecule is C=CCO[C@H]1O[C@H](CO[C@@H]2O[C@H](COCc3ccccc3)[C@@H](O[P+]3([O-])OC=c4ccccc4=CO3)[C@H](OC(=O)C[C@@H](CCCCCCCCCCC)OC(=O)CCCCCCCCCCCCC)[C@]2(O)NC(=O)OCC(Cl)(Cl)Cl)[C@@H](OCc2ccccc2)[C@H](O)[C@]1(O)NC(=O)C[C@@H](CCCCCCCCCCC)OCc1ccccc1. The molecule has 2 amide bonds. The van der Waals surface area contributed by atoms with Crippen molar-refractivity contribution in [3.63, 3.8) is 0 Å². The summed E-state index contributed by atoms with van der Waals surface area (Å²) in [5, 5.41) is 45.7. The number of alkyl halides is 3. The Morgan fingerprint density at radius 3 is 1.51 bits per heavy atom. The number of halogens is 3. The van der Waals surface area contributed by atoms with Crippen LogP contribution in [0.25, 0.3) is 12.5 Å². The quantitative estimate of drug-likeness (QED) is 0.00522. The van der Waals surface area contributed by atoms with Gasteiger partial charge in [0.25, 0.3) is 0 Å². The Hall–Kier alpha value is -5.54. The molecule has 4 aromatic carbocycles. The third-order valence-electron chi connectivity index (χ3n) is 20.8. The predicted molar refractivity (Wildman–Crippen MR) is 447 cm³/mol. The second-order valence-corrected chi connectivity index (χ2v) is 34.7. The maximum absolute atomic E-state index is 15.4. The first-order valence-corrected chi connectivity index (χ1v) is 45.1. The molecule has 3 heterocycles. The second kappa shape index (κ2) is 54.7. The fourth-order valence-electron chi connectivity index (χ4n) is 14.3. The van der Waals surface area contributed by atoms with E-state index in [4.69, 9.17) is 95.7 Å². The maximum Gasteiger partial charge on any atom is 0.471 e. The largest absolute Gasteiger partial charge is 0.591 e. The molecule has 12 atom stereocenters. The smallest absolute Gasteiger partial charge is 0.471 e. The first kappa shape index (κ1) is 97.6. The number of alkyl carbamates (subject to hydrolysis) is 1. The summed E-state index contributed by atoms with van der Waals surface area (Å²) in [5.41, 5.74) is -3.91. The van der Waals surface area contributed by atoms with Crippen molar-refractivity contribution in [3.8, 4) is 0 Å². The van der Waals surface area contributed by atoms with Gasteiger partial charge in [-0.2, -0.15) is 4.52 Å². The number of carbonyl (C=O) groups is 4. The summed E-state index contributed by atoms with van der Waals surface area (Å²) in [6, 6.07) is 34.2. The molecule has 0 bridgehead atoms. The lowest BCUT2D eigenvalue weighted by Gasteiger charge is -2.51. The van der Waals surface area contributed by atoms with E-state index in [1.807, 2.05) is 36.4 Å². The van der Waals surface area contributed by atoms with Crippen LogP contribution in [0.15, 0.2) is 128 Å². The lowest BCUT2D eigenvalue weighted by molar-refractivity contribution is -0.377. The van der Waals surface area contributed by atoms with E-state index in [9.17, 15) is 29.7 Å². The minimum absolute atomic E-state index is 0.0810. The molecular formula is C89H130Cl3N2O21P. The molecule has 0 aliphatic carbocycles. The summed E-state index contributed by atoms with van der Waals surface area (Å²) in [6.07, 6.45) is 15.0. The molecule has 3 aliphatic heterocycles. The summed E-state index contributed by atoms with van der Waals surface area (Å²) in [7, 11) is -5.03. The van der Waals surface area contributed by atoms with Crippen molar-refractivity contribution in [2.75, 3.05) is 26.4 Å². The summed E-state index contributed by atoms with van der Waals surface area (Å²) < 4.78 is 79.5. The number of benzene rings is 4. The number of hydrogen-bond donors (Lipinski definition) is 5. The highest BCUT2D eigenvalue weighted by Crippen LogP contribution is 2.58. The van der Waals surface area contributed by atoms with Gasteiger partial charge in [0, 0.05) is 16.9 Å².